The van der Waals surface area contributed by atoms with Crippen LogP contribution >= 0.6 is 11.3 Å². The van der Waals surface area contributed by atoms with Crippen LogP contribution in [-0.2, 0) is 0 Å². The van der Waals surface area contributed by atoms with Gasteiger partial charge in [-0.15, -0.1) is 11.3 Å². The standard InChI is InChI=1S/C10H8N2O2S.C2H6/c1-6-12-8(9(15-6)10(13)14)7-2-4-11-5-3-7;1-2/h2-5H,1H3,(H,13,14);1-2H3. The molecule has 0 unspecified atom stereocenters. The first-order valence-corrected chi connectivity index (χ1v) is 6.11. The lowest BCUT2D eigenvalue weighted by Gasteiger charge is -1.96. The number of thiazole rings is 1. The van der Waals surface area contributed by atoms with Gasteiger partial charge in [-0.25, -0.2) is 9.78 Å². The quantitative estimate of drug-likeness (QED) is 0.888. The van der Waals surface area contributed by atoms with Gasteiger partial charge in [0.05, 0.1) is 10.7 Å². The molecule has 0 aliphatic rings. The number of nitrogens with zero attached hydrogens (tertiary/aromatic N) is 2. The van der Waals surface area contributed by atoms with Gasteiger partial charge in [-0.1, -0.05) is 13.8 Å². The van der Waals surface area contributed by atoms with Gasteiger partial charge in [-0.3, -0.25) is 4.98 Å². The van der Waals surface area contributed by atoms with Crippen LogP contribution in [0.15, 0.2) is 24.5 Å². The molecule has 2 aromatic heterocycles. The molecule has 0 atom stereocenters. The summed E-state index contributed by atoms with van der Waals surface area (Å²) in [6, 6.07) is 3.50. The Morgan fingerprint density at radius 3 is 2.41 bits per heavy atom. The van der Waals surface area contributed by atoms with Crippen LogP contribution in [0, 0.1) is 6.92 Å². The molecule has 2 rings (SSSR count). The number of pyridine rings is 1. The van der Waals surface area contributed by atoms with Crippen molar-refractivity contribution in [2.75, 3.05) is 0 Å². The SMILES string of the molecule is CC.Cc1nc(-c2ccncc2)c(C(=O)O)s1. The number of hydrogen-bond acceptors (Lipinski definition) is 4. The maximum atomic E-state index is 11.0. The van der Waals surface area contributed by atoms with Crippen molar-refractivity contribution in [1.82, 2.24) is 9.97 Å². The van der Waals surface area contributed by atoms with E-state index >= 15 is 0 Å². The highest BCUT2D eigenvalue weighted by molar-refractivity contribution is 7.14. The third-order valence-corrected chi connectivity index (χ3v) is 2.84. The molecule has 4 nitrogen and oxygen atoms in total. The number of carbonyl (C=O) groups is 1. The lowest BCUT2D eigenvalue weighted by Crippen LogP contribution is -1.95. The first-order valence-electron chi connectivity index (χ1n) is 5.29. The molecular formula is C12H14N2O2S. The molecule has 17 heavy (non-hydrogen) atoms. The van der Waals surface area contributed by atoms with Gasteiger partial charge < -0.3 is 5.11 Å². The van der Waals surface area contributed by atoms with Gasteiger partial charge in [0.1, 0.15) is 4.88 Å². The number of rotatable bonds is 2. The highest BCUT2D eigenvalue weighted by Crippen LogP contribution is 2.27. The molecule has 0 fully saturated rings. The van der Waals surface area contributed by atoms with Crippen molar-refractivity contribution in [3.05, 3.63) is 34.4 Å². The van der Waals surface area contributed by atoms with E-state index in [0.29, 0.717) is 5.69 Å². The smallest absolute Gasteiger partial charge is 0.348 e. The van der Waals surface area contributed by atoms with Gasteiger partial charge in [0.15, 0.2) is 0 Å². The van der Waals surface area contributed by atoms with Crippen LogP contribution in [-0.4, -0.2) is 21.0 Å². The molecule has 2 heterocycles. The van der Waals surface area contributed by atoms with Gasteiger partial charge >= 0.3 is 5.97 Å². The van der Waals surface area contributed by atoms with E-state index in [-0.39, 0.29) is 4.88 Å². The minimum absolute atomic E-state index is 0.277. The first kappa shape index (κ1) is 13.3. The van der Waals surface area contributed by atoms with E-state index in [4.69, 9.17) is 5.11 Å². The Morgan fingerprint density at radius 1 is 1.29 bits per heavy atom. The molecule has 2 aromatic rings. The van der Waals surface area contributed by atoms with Gasteiger partial charge in [0, 0.05) is 18.0 Å². The number of aromatic carboxylic acids is 1. The molecule has 0 radical (unpaired) electrons. The minimum atomic E-state index is -0.938. The highest BCUT2D eigenvalue weighted by Gasteiger charge is 2.16. The van der Waals surface area contributed by atoms with Crippen molar-refractivity contribution in [1.29, 1.82) is 0 Å². The Bertz CT molecular complexity index is 494. The van der Waals surface area contributed by atoms with Crippen molar-refractivity contribution in [2.45, 2.75) is 20.8 Å². The highest BCUT2D eigenvalue weighted by atomic mass is 32.1. The van der Waals surface area contributed by atoms with Crippen molar-refractivity contribution in [3.63, 3.8) is 0 Å². The third kappa shape index (κ3) is 3.10. The Morgan fingerprint density at radius 2 is 1.88 bits per heavy atom. The fourth-order valence-corrected chi connectivity index (χ4v) is 2.06. The fraction of sp³-hybridized carbons (Fsp3) is 0.250. The first-order chi connectivity index (χ1) is 8.18. The second-order valence-corrected chi connectivity index (χ2v) is 4.15. The largest absolute Gasteiger partial charge is 0.477 e. The van der Waals surface area contributed by atoms with Crippen molar-refractivity contribution in [2.24, 2.45) is 0 Å². The summed E-state index contributed by atoms with van der Waals surface area (Å²) in [4.78, 5) is 19.3. The van der Waals surface area contributed by atoms with Gasteiger partial charge in [0.2, 0.25) is 0 Å². The van der Waals surface area contributed by atoms with E-state index < -0.39 is 5.97 Å². The van der Waals surface area contributed by atoms with Gasteiger partial charge in [0.25, 0.3) is 0 Å². The van der Waals surface area contributed by atoms with Crippen LogP contribution in [0.1, 0.15) is 28.5 Å². The van der Waals surface area contributed by atoms with E-state index in [0.717, 1.165) is 10.6 Å². The summed E-state index contributed by atoms with van der Waals surface area (Å²) in [7, 11) is 0. The fourth-order valence-electron chi connectivity index (χ4n) is 1.28. The average Bonchev–Trinajstić information content (AvgIpc) is 2.75. The second kappa shape index (κ2) is 6.10. The van der Waals surface area contributed by atoms with Crippen LogP contribution in [0.2, 0.25) is 0 Å². The van der Waals surface area contributed by atoms with Crippen molar-refractivity contribution in [3.8, 4) is 11.3 Å². The van der Waals surface area contributed by atoms with Crippen LogP contribution in [0.25, 0.3) is 11.3 Å². The lowest BCUT2D eigenvalue weighted by molar-refractivity contribution is 0.0702. The Kier molecular flexibility index (Phi) is 4.78. The minimum Gasteiger partial charge on any atom is -0.477 e. The van der Waals surface area contributed by atoms with E-state index in [1.165, 1.54) is 11.3 Å². The predicted octanol–water partition coefficient (Wildman–Crippen LogP) is 3.24. The van der Waals surface area contributed by atoms with Crippen LogP contribution in [0.4, 0.5) is 0 Å². The summed E-state index contributed by atoms with van der Waals surface area (Å²) in [6.07, 6.45) is 3.24. The molecule has 5 heteroatoms. The van der Waals surface area contributed by atoms with Gasteiger partial charge in [-0.2, -0.15) is 0 Å². The zero-order chi connectivity index (χ0) is 12.8. The summed E-state index contributed by atoms with van der Waals surface area (Å²) in [5, 5.41) is 9.74. The zero-order valence-electron chi connectivity index (χ0n) is 9.97. The molecule has 1 N–H and O–H groups in total. The molecule has 0 spiro atoms. The Hall–Kier alpha value is -1.75. The Balaban J connectivity index is 0.000000686. The molecular weight excluding hydrogens is 236 g/mol. The maximum absolute atomic E-state index is 11.0. The molecule has 0 saturated carbocycles. The molecule has 0 aromatic carbocycles. The number of aromatic nitrogens is 2. The monoisotopic (exact) mass is 250 g/mol. The number of aryl methyl sites for hydroxylation is 1. The number of carboxylic acid groups (broad SMARTS) is 1. The van der Waals surface area contributed by atoms with Crippen molar-refractivity contribution < 1.29 is 9.90 Å². The Labute approximate surface area is 104 Å². The summed E-state index contributed by atoms with van der Waals surface area (Å²) in [5.74, 6) is -0.938. The summed E-state index contributed by atoms with van der Waals surface area (Å²) < 4.78 is 0. The molecule has 0 bridgehead atoms. The summed E-state index contributed by atoms with van der Waals surface area (Å²) >= 11 is 1.19. The summed E-state index contributed by atoms with van der Waals surface area (Å²) in [5.41, 5.74) is 1.30. The predicted molar refractivity (Wildman–Crippen MR) is 68.4 cm³/mol. The molecule has 0 saturated heterocycles. The number of hydrogen-bond donors (Lipinski definition) is 1. The third-order valence-electron chi connectivity index (χ3n) is 1.88. The molecule has 0 aliphatic heterocycles. The molecule has 0 amide bonds. The molecule has 90 valence electrons. The van der Waals surface area contributed by atoms with Crippen LogP contribution in [0.3, 0.4) is 0 Å². The van der Waals surface area contributed by atoms with E-state index in [9.17, 15) is 4.79 Å². The zero-order valence-corrected chi connectivity index (χ0v) is 10.8. The van der Waals surface area contributed by atoms with E-state index in [2.05, 4.69) is 9.97 Å². The maximum Gasteiger partial charge on any atom is 0.348 e. The van der Waals surface area contributed by atoms with E-state index in [1.54, 1.807) is 31.5 Å². The lowest BCUT2D eigenvalue weighted by atomic mass is 10.2. The molecule has 0 aliphatic carbocycles. The van der Waals surface area contributed by atoms with Crippen LogP contribution < -0.4 is 0 Å². The summed E-state index contributed by atoms with van der Waals surface area (Å²) in [6.45, 7) is 5.79. The normalized spacial score (nSPS) is 9.35. The van der Waals surface area contributed by atoms with Gasteiger partial charge in [-0.05, 0) is 19.1 Å². The number of carboxylic acids is 1. The van der Waals surface area contributed by atoms with Crippen LogP contribution in [0.5, 0.6) is 0 Å². The topological polar surface area (TPSA) is 63.1 Å². The van der Waals surface area contributed by atoms with Crippen molar-refractivity contribution >= 4 is 17.3 Å². The average molecular weight is 250 g/mol. The second-order valence-electron chi connectivity index (χ2n) is 2.95. The van der Waals surface area contributed by atoms with E-state index in [1.807, 2.05) is 13.8 Å².